The van der Waals surface area contributed by atoms with E-state index in [1.54, 1.807) is 24.5 Å². The summed E-state index contributed by atoms with van der Waals surface area (Å²) in [5.41, 5.74) is 8.51. The number of oxazole rings is 1. The second-order valence-electron chi connectivity index (χ2n) is 9.70. The molecule has 5 heterocycles. The first kappa shape index (κ1) is 27.0. The minimum atomic E-state index is -1.28. The Labute approximate surface area is 230 Å². The van der Waals surface area contributed by atoms with Gasteiger partial charge in [-0.15, -0.1) is 0 Å². The van der Waals surface area contributed by atoms with E-state index in [-0.39, 0.29) is 41.0 Å². The van der Waals surface area contributed by atoms with Crippen LogP contribution in [0.5, 0.6) is 0 Å². The summed E-state index contributed by atoms with van der Waals surface area (Å²) in [6, 6.07) is 6.26. The Morgan fingerprint density at radius 3 is 2.65 bits per heavy atom. The number of rotatable bonds is 8. The van der Waals surface area contributed by atoms with Crippen molar-refractivity contribution in [2.24, 2.45) is 0 Å². The molecule has 0 aliphatic rings. The van der Waals surface area contributed by atoms with E-state index in [0.29, 0.717) is 17.8 Å². The van der Waals surface area contributed by atoms with Gasteiger partial charge in [-0.25, -0.2) is 33.3 Å². The van der Waals surface area contributed by atoms with Gasteiger partial charge in [0.25, 0.3) is 5.91 Å². The van der Waals surface area contributed by atoms with Crippen LogP contribution in [0.3, 0.4) is 0 Å². The lowest BCUT2D eigenvalue weighted by atomic mass is 10.1. The van der Waals surface area contributed by atoms with Crippen LogP contribution >= 0.6 is 0 Å². The molecule has 12 nitrogen and oxygen atoms in total. The number of imidazole rings is 1. The summed E-state index contributed by atoms with van der Waals surface area (Å²) in [4.78, 5) is 34.5. The van der Waals surface area contributed by atoms with Gasteiger partial charge in [-0.2, -0.15) is 0 Å². The number of nitrogens with one attached hydrogen (secondary N) is 2. The van der Waals surface area contributed by atoms with Crippen LogP contribution in [0.4, 0.5) is 10.2 Å². The van der Waals surface area contributed by atoms with Crippen LogP contribution in [0.2, 0.25) is 0 Å². The van der Waals surface area contributed by atoms with Crippen LogP contribution in [0.1, 0.15) is 42.6 Å². The van der Waals surface area contributed by atoms with Crippen molar-refractivity contribution in [3.8, 4) is 22.8 Å². The number of carbonyl (C=O) groups excluding carboxylic acids is 1. The van der Waals surface area contributed by atoms with E-state index in [9.17, 15) is 13.4 Å². The number of amides is 1. The van der Waals surface area contributed by atoms with Gasteiger partial charge in [0.1, 0.15) is 23.4 Å². The van der Waals surface area contributed by atoms with Crippen molar-refractivity contribution in [3.63, 3.8) is 0 Å². The highest BCUT2D eigenvalue weighted by Gasteiger charge is 2.23. The van der Waals surface area contributed by atoms with Crippen molar-refractivity contribution in [2.75, 3.05) is 5.73 Å². The zero-order chi connectivity index (χ0) is 28.4. The van der Waals surface area contributed by atoms with E-state index < -0.39 is 27.5 Å². The Morgan fingerprint density at radius 2 is 1.93 bits per heavy atom. The van der Waals surface area contributed by atoms with Crippen molar-refractivity contribution in [3.05, 3.63) is 78.2 Å². The minimum absolute atomic E-state index is 0.0677. The molecule has 0 radical (unpaired) electrons. The van der Waals surface area contributed by atoms with Crippen LogP contribution in [0, 0.1) is 5.82 Å². The Hall–Kier alpha value is -4.56. The fraction of sp³-hybridized carbons (Fsp3) is 0.231. The van der Waals surface area contributed by atoms with Gasteiger partial charge in [-0.1, -0.05) is 0 Å². The normalized spacial score (nSPS) is 12.5. The zero-order valence-corrected chi connectivity index (χ0v) is 22.7. The molecular weight excluding hydrogens is 537 g/mol. The fourth-order valence-corrected chi connectivity index (χ4v) is 4.47. The second kappa shape index (κ2) is 10.9. The lowest BCUT2D eigenvalue weighted by molar-refractivity contribution is 0.0946. The average molecular weight is 564 g/mol. The van der Waals surface area contributed by atoms with Crippen LogP contribution in [0.25, 0.3) is 28.5 Å². The predicted molar refractivity (Wildman–Crippen MR) is 146 cm³/mol. The third-order valence-electron chi connectivity index (χ3n) is 5.82. The summed E-state index contributed by atoms with van der Waals surface area (Å²) in [6.07, 6.45) is 7.73. The number of halogens is 1. The van der Waals surface area contributed by atoms with Gasteiger partial charge in [-0.05, 0) is 45.0 Å². The van der Waals surface area contributed by atoms with Crippen molar-refractivity contribution in [1.82, 2.24) is 39.4 Å². The Balaban J connectivity index is 1.52. The maximum absolute atomic E-state index is 14.0. The van der Waals surface area contributed by atoms with Gasteiger partial charge in [0.15, 0.2) is 17.2 Å². The smallest absolute Gasteiger partial charge is 0.274 e. The first-order valence-corrected chi connectivity index (χ1v) is 13.3. The van der Waals surface area contributed by atoms with Gasteiger partial charge in [0.05, 0.1) is 52.6 Å². The third-order valence-corrected chi connectivity index (χ3v) is 7.34. The fourth-order valence-electron chi connectivity index (χ4n) is 3.76. The molecule has 0 saturated carbocycles. The first-order valence-electron chi connectivity index (χ1n) is 12.2. The van der Waals surface area contributed by atoms with E-state index in [1.165, 1.54) is 30.8 Å². The highest BCUT2D eigenvalue weighted by molar-refractivity contribution is 7.84. The van der Waals surface area contributed by atoms with Crippen molar-refractivity contribution in [2.45, 2.75) is 38.6 Å². The summed E-state index contributed by atoms with van der Waals surface area (Å²) >= 11 is 0. The number of pyridine rings is 2. The predicted octanol–water partition coefficient (Wildman–Crippen LogP) is 3.04. The molecule has 40 heavy (non-hydrogen) atoms. The molecule has 14 heteroatoms. The van der Waals surface area contributed by atoms with E-state index >= 15 is 0 Å². The van der Waals surface area contributed by atoms with Gasteiger partial charge in [0, 0.05) is 18.0 Å². The number of nitrogens with zero attached hydrogens (tertiary/aromatic N) is 6. The molecule has 0 aromatic carbocycles. The number of nitrogen functional groups attached to an aromatic ring is 1. The summed E-state index contributed by atoms with van der Waals surface area (Å²) in [7, 11) is -1.28. The standard InChI is InChI=1S/C26H26FN9O3S/c1-26(2,3)40(38)33-12-16-11-31-19-7-6-15(14-36(16)19)20-21(25-30-9-10-39-25)35-23(28)22(34-20)24(37)32-13-18-17(27)5-4-8-29-18/h4-11,14,33H,12-13H2,1-3H3,(H2,28,35)(H,32,37)/t40-/m0/s1. The van der Waals surface area contributed by atoms with Crippen molar-refractivity contribution >= 4 is 28.4 Å². The number of carbonyl (C=O) groups is 1. The van der Waals surface area contributed by atoms with E-state index in [2.05, 4.69) is 35.0 Å². The first-order chi connectivity index (χ1) is 19.1. The molecule has 206 valence electrons. The van der Waals surface area contributed by atoms with E-state index in [4.69, 9.17) is 10.2 Å². The molecule has 1 atom stereocenters. The van der Waals surface area contributed by atoms with Gasteiger partial charge in [-0.3, -0.25) is 9.78 Å². The molecular formula is C26H26FN9O3S. The molecule has 0 aliphatic carbocycles. The minimum Gasteiger partial charge on any atom is -0.443 e. The maximum atomic E-state index is 14.0. The van der Waals surface area contributed by atoms with Crippen LogP contribution in [0.15, 0.2) is 59.7 Å². The summed E-state index contributed by atoms with van der Waals surface area (Å²) in [6.45, 7) is 5.77. The number of hydrogen-bond donors (Lipinski definition) is 3. The maximum Gasteiger partial charge on any atom is 0.274 e. The molecule has 5 aromatic rings. The SMILES string of the molecule is CC(C)(C)[S@](=O)NCc1cnc2ccc(-c3nc(C(=O)NCc4ncccc4F)c(N)nc3-c3ncco3)cn12. The molecule has 0 saturated heterocycles. The Bertz CT molecular complexity index is 1710. The molecule has 0 bridgehead atoms. The van der Waals surface area contributed by atoms with Crippen LogP contribution in [-0.4, -0.2) is 44.2 Å². The van der Waals surface area contributed by atoms with Crippen molar-refractivity contribution < 1.29 is 17.8 Å². The quantitative estimate of drug-likeness (QED) is 0.257. The number of aromatic nitrogens is 6. The van der Waals surface area contributed by atoms with Gasteiger partial charge < -0.3 is 19.9 Å². The molecule has 5 rings (SSSR count). The summed E-state index contributed by atoms with van der Waals surface area (Å²) in [5, 5.41) is 2.59. The van der Waals surface area contributed by atoms with E-state index in [0.717, 1.165) is 5.69 Å². The number of nitrogens with two attached hydrogens (primary N) is 1. The lowest BCUT2D eigenvalue weighted by Crippen LogP contribution is -2.33. The largest absolute Gasteiger partial charge is 0.443 e. The topological polar surface area (TPSA) is 166 Å². The van der Waals surface area contributed by atoms with Gasteiger partial charge >= 0.3 is 0 Å². The molecule has 0 spiro atoms. The van der Waals surface area contributed by atoms with Crippen LogP contribution < -0.4 is 15.8 Å². The monoisotopic (exact) mass is 563 g/mol. The molecule has 0 fully saturated rings. The summed E-state index contributed by atoms with van der Waals surface area (Å²) < 4.78 is 36.4. The molecule has 4 N–H and O–H groups in total. The number of fused-ring (bicyclic) bond motifs is 1. The molecule has 5 aromatic heterocycles. The van der Waals surface area contributed by atoms with E-state index in [1.807, 2.05) is 25.2 Å². The zero-order valence-electron chi connectivity index (χ0n) is 21.9. The molecule has 1 amide bonds. The molecule has 0 unspecified atom stereocenters. The summed E-state index contributed by atoms with van der Waals surface area (Å²) in [5.74, 6) is -1.21. The molecule has 0 aliphatic heterocycles. The highest BCUT2D eigenvalue weighted by Crippen LogP contribution is 2.30. The van der Waals surface area contributed by atoms with Crippen molar-refractivity contribution in [1.29, 1.82) is 0 Å². The number of hydrogen-bond acceptors (Lipinski definition) is 9. The highest BCUT2D eigenvalue weighted by atomic mass is 32.2. The second-order valence-corrected chi connectivity index (χ2v) is 11.8. The van der Waals surface area contributed by atoms with Gasteiger partial charge in [0.2, 0.25) is 5.89 Å². The average Bonchev–Trinajstić information content (AvgIpc) is 3.60. The lowest BCUT2D eigenvalue weighted by Gasteiger charge is -2.18. The Kier molecular flexibility index (Phi) is 7.36. The number of anilines is 1. The Morgan fingerprint density at radius 1 is 1.10 bits per heavy atom. The van der Waals surface area contributed by atoms with Crippen LogP contribution in [-0.2, 0) is 24.1 Å². The third kappa shape index (κ3) is 5.58.